The van der Waals surface area contributed by atoms with E-state index in [1.807, 2.05) is 37.3 Å². The average Bonchev–Trinajstić information content (AvgIpc) is 3.10. The summed E-state index contributed by atoms with van der Waals surface area (Å²) in [5.74, 6) is -1.22. The maximum absolute atomic E-state index is 14.5. The molecular formula is C25H31F2N3O3. The number of rotatable bonds is 11. The molecule has 0 aliphatic rings. The molecule has 0 bridgehead atoms. The second-order valence-electron chi connectivity index (χ2n) is 8.09. The van der Waals surface area contributed by atoms with Crippen LogP contribution in [0.1, 0.15) is 31.5 Å². The Labute approximate surface area is 193 Å². The van der Waals surface area contributed by atoms with E-state index >= 15 is 0 Å². The highest BCUT2D eigenvalue weighted by atomic mass is 19.1. The van der Waals surface area contributed by atoms with Crippen molar-refractivity contribution in [2.75, 3.05) is 20.3 Å². The molecule has 1 aromatic heterocycles. The van der Waals surface area contributed by atoms with Crippen molar-refractivity contribution in [1.29, 1.82) is 0 Å². The van der Waals surface area contributed by atoms with E-state index in [4.69, 9.17) is 9.47 Å². The van der Waals surface area contributed by atoms with Crippen LogP contribution in [0.15, 0.2) is 48.5 Å². The summed E-state index contributed by atoms with van der Waals surface area (Å²) >= 11 is 0. The third-order valence-electron chi connectivity index (χ3n) is 5.62. The number of hydrogen-bond acceptors (Lipinski definition) is 5. The van der Waals surface area contributed by atoms with Gasteiger partial charge in [0, 0.05) is 32.3 Å². The molecule has 0 unspecified atom stereocenters. The topological polar surface area (TPSA) is 59.8 Å². The SMILES string of the molecule is CC[C@@H](C)N(Cc1c(C)nn(-c2ccccc2)c1Oc1ccc(F)cc1F)C[C@@H](O)COC. The Kier molecular flexibility index (Phi) is 8.55. The molecule has 0 amide bonds. The predicted octanol–water partition coefficient (Wildman–Crippen LogP) is 4.86. The van der Waals surface area contributed by atoms with E-state index < -0.39 is 17.7 Å². The summed E-state index contributed by atoms with van der Waals surface area (Å²) in [7, 11) is 1.55. The van der Waals surface area contributed by atoms with Crippen LogP contribution in [0, 0.1) is 18.6 Å². The van der Waals surface area contributed by atoms with Crippen molar-refractivity contribution in [1.82, 2.24) is 14.7 Å². The van der Waals surface area contributed by atoms with Crippen LogP contribution in [0.3, 0.4) is 0 Å². The lowest BCUT2D eigenvalue weighted by Crippen LogP contribution is -2.40. The minimum Gasteiger partial charge on any atom is -0.435 e. The summed E-state index contributed by atoms with van der Waals surface area (Å²) < 4.78 is 40.6. The van der Waals surface area contributed by atoms with Gasteiger partial charge in [-0.2, -0.15) is 5.10 Å². The van der Waals surface area contributed by atoms with Gasteiger partial charge in [-0.3, -0.25) is 4.90 Å². The van der Waals surface area contributed by atoms with Gasteiger partial charge < -0.3 is 14.6 Å². The van der Waals surface area contributed by atoms with Crippen LogP contribution in [0.2, 0.25) is 0 Å². The second kappa shape index (κ2) is 11.4. The molecule has 178 valence electrons. The maximum atomic E-state index is 14.5. The standard InChI is InChI=1S/C25H31F2N3O3/c1-5-17(2)29(14-21(31)16-32-4)15-22-18(3)28-30(20-9-7-6-8-10-20)25(22)33-24-12-11-19(26)13-23(24)27/h6-13,17,21,31H,5,14-16H2,1-4H3/t17-,21-/m1/s1. The molecule has 33 heavy (non-hydrogen) atoms. The Balaban J connectivity index is 2.04. The summed E-state index contributed by atoms with van der Waals surface area (Å²) in [5, 5.41) is 15.0. The van der Waals surface area contributed by atoms with Crippen LogP contribution in [0.25, 0.3) is 5.69 Å². The van der Waals surface area contributed by atoms with Crippen molar-refractivity contribution in [3.05, 3.63) is 71.4 Å². The Morgan fingerprint density at radius 1 is 1.15 bits per heavy atom. The van der Waals surface area contributed by atoms with Crippen LogP contribution in [-0.2, 0) is 11.3 Å². The van der Waals surface area contributed by atoms with Crippen LogP contribution in [0.4, 0.5) is 8.78 Å². The van der Waals surface area contributed by atoms with Crippen LogP contribution < -0.4 is 4.74 Å². The molecule has 1 heterocycles. The number of ether oxygens (including phenoxy) is 2. The molecule has 0 fully saturated rings. The molecule has 0 saturated heterocycles. The van der Waals surface area contributed by atoms with Crippen molar-refractivity contribution in [3.8, 4) is 17.3 Å². The number of aromatic nitrogens is 2. The summed E-state index contributed by atoms with van der Waals surface area (Å²) in [4.78, 5) is 2.12. The number of para-hydroxylation sites is 1. The number of benzene rings is 2. The number of aliphatic hydroxyl groups is 1. The van der Waals surface area contributed by atoms with Crippen molar-refractivity contribution >= 4 is 0 Å². The van der Waals surface area contributed by atoms with Gasteiger partial charge >= 0.3 is 0 Å². The minimum absolute atomic E-state index is 0.0933. The minimum atomic E-state index is -0.797. The molecular weight excluding hydrogens is 428 g/mol. The molecule has 6 nitrogen and oxygen atoms in total. The summed E-state index contributed by atoms with van der Waals surface area (Å²) in [6.07, 6.45) is 0.210. The van der Waals surface area contributed by atoms with Gasteiger partial charge in [0.05, 0.1) is 29.7 Å². The third-order valence-corrected chi connectivity index (χ3v) is 5.62. The Hall–Kier alpha value is -2.81. The molecule has 0 spiro atoms. The summed E-state index contributed by atoms with van der Waals surface area (Å²) in [5.41, 5.74) is 2.22. The maximum Gasteiger partial charge on any atom is 0.227 e. The van der Waals surface area contributed by atoms with Gasteiger partial charge in [-0.1, -0.05) is 25.1 Å². The van der Waals surface area contributed by atoms with Gasteiger partial charge in [-0.15, -0.1) is 0 Å². The first-order chi connectivity index (χ1) is 15.8. The zero-order valence-electron chi connectivity index (χ0n) is 19.5. The van der Waals surface area contributed by atoms with E-state index in [2.05, 4.69) is 23.8 Å². The number of hydrogen-bond donors (Lipinski definition) is 1. The van der Waals surface area contributed by atoms with Crippen molar-refractivity contribution in [2.24, 2.45) is 0 Å². The van der Waals surface area contributed by atoms with E-state index in [1.165, 1.54) is 6.07 Å². The lowest BCUT2D eigenvalue weighted by molar-refractivity contribution is 0.0252. The van der Waals surface area contributed by atoms with E-state index in [1.54, 1.807) is 11.8 Å². The van der Waals surface area contributed by atoms with Crippen molar-refractivity contribution in [2.45, 2.75) is 45.9 Å². The number of methoxy groups -OCH3 is 1. The zero-order valence-corrected chi connectivity index (χ0v) is 19.5. The largest absolute Gasteiger partial charge is 0.435 e. The number of aryl methyl sites for hydroxylation is 1. The zero-order chi connectivity index (χ0) is 24.0. The highest BCUT2D eigenvalue weighted by molar-refractivity contribution is 5.43. The number of nitrogens with zero attached hydrogens (tertiary/aromatic N) is 3. The van der Waals surface area contributed by atoms with Gasteiger partial charge in [-0.25, -0.2) is 13.5 Å². The smallest absolute Gasteiger partial charge is 0.227 e. The van der Waals surface area contributed by atoms with E-state index in [9.17, 15) is 13.9 Å². The molecule has 3 aromatic rings. The van der Waals surface area contributed by atoms with E-state index in [0.717, 1.165) is 29.8 Å². The van der Waals surface area contributed by atoms with Gasteiger partial charge in [-0.05, 0) is 44.5 Å². The molecule has 0 radical (unpaired) electrons. The van der Waals surface area contributed by atoms with E-state index in [0.29, 0.717) is 24.7 Å². The Bertz CT molecular complexity index is 1040. The van der Waals surface area contributed by atoms with Gasteiger partial charge in [0.15, 0.2) is 11.6 Å². The quantitative estimate of drug-likeness (QED) is 0.444. The number of halogens is 2. The highest BCUT2D eigenvalue weighted by Gasteiger charge is 2.25. The number of aliphatic hydroxyl groups excluding tert-OH is 1. The molecule has 0 saturated carbocycles. The Morgan fingerprint density at radius 2 is 1.88 bits per heavy atom. The van der Waals surface area contributed by atoms with Crippen LogP contribution in [-0.4, -0.2) is 52.2 Å². The second-order valence-corrected chi connectivity index (χ2v) is 8.09. The molecule has 8 heteroatoms. The van der Waals surface area contributed by atoms with Crippen LogP contribution >= 0.6 is 0 Å². The first-order valence-corrected chi connectivity index (χ1v) is 11.0. The van der Waals surface area contributed by atoms with Crippen molar-refractivity contribution < 1.29 is 23.4 Å². The molecule has 3 rings (SSSR count). The fourth-order valence-corrected chi connectivity index (χ4v) is 3.61. The molecule has 2 atom stereocenters. The molecule has 1 N–H and O–H groups in total. The highest BCUT2D eigenvalue weighted by Crippen LogP contribution is 2.33. The fraction of sp³-hybridized carbons (Fsp3) is 0.400. The average molecular weight is 460 g/mol. The molecule has 0 aliphatic heterocycles. The van der Waals surface area contributed by atoms with E-state index in [-0.39, 0.29) is 18.4 Å². The monoisotopic (exact) mass is 459 g/mol. The first kappa shape index (κ1) is 24.8. The predicted molar refractivity (Wildman–Crippen MR) is 123 cm³/mol. The first-order valence-electron chi connectivity index (χ1n) is 11.0. The van der Waals surface area contributed by atoms with Crippen LogP contribution in [0.5, 0.6) is 11.6 Å². The van der Waals surface area contributed by atoms with Gasteiger partial charge in [0.1, 0.15) is 5.82 Å². The van der Waals surface area contributed by atoms with Crippen molar-refractivity contribution in [3.63, 3.8) is 0 Å². The van der Waals surface area contributed by atoms with Gasteiger partial charge in [0.25, 0.3) is 0 Å². The fourth-order valence-electron chi connectivity index (χ4n) is 3.61. The van der Waals surface area contributed by atoms with Gasteiger partial charge in [0.2, 0.25) is 5.88 Å². The third kappa shape index (κ3) is 6.16. The Morgan fingerprint density at radius 3 is 2.52 bits per heavy atom. The normalized spacial score (nSPS) is 13.3. The summed E-state index contributed by atoms with van der Waals surface area (Å²) in [6.45, 7) is 7.06. The molecule has 0 aliphatic carbocycles. The summed E-state index contributed by atoms with van der Waals surface area (Å²) in [6, 6.07) is 12.8. The lowest BCUT2D eigenvalue weighted by atomic mass is 10.1. The molecule has 2 aromatic carbocycles. The lowest BCUT2D eigenvalue weighted by Gasteiger charge is -2.30.